The summed E-state index contributed by atoms with van der Waals surface area (Å²) in [6.07, 6.45) is 0. The van der Waals surface area contributed by atoms with Crippen molar-refractivity contribution in [3.63, 3.8) is 0 Å². The second kappa shape index (κ2) is 14.6. The van der Waals surface area contributed by atoms with Crippen LogP contribution in [0.5, 0.6) is 0 Å². The summed E-state index contributed by atoms with van der Waals surface area (Å²) in [5, 5.41) is 19.5. The number of rotatable bonds is 7. The lowest BCUT2D eigenvalue weighted by molar-refractivity contribution is 0.584. The molecular formula is C26H38N8. The minimum atomic E-state index is 0.606. The van der Waals surface area contributed by atoms with Crippen molar-refractivity contribution in [2.24, 2.45) is 5.10 Å². The molecule has 8 heteroatoms. The summed E-state index contributed by atoms with van der Waals surface area (Å²) in [5.74, 6) is 2.15. The van der Waals surface area contributed by atoms with Crippen LogP contribution in [0.25, 0.3) is 11.4 Å². The average Bonchev–Trinajstić information content (AvgIpc) is 2.92. The zero-order valence-corrected chi connectivity index (χ0v) is 21.1. The van der Waals surface area contributed by atoms with E-state index in [0.717, 1.165) is 48.8 Å². The molecule has 0 spiro atoms. The predicted molar refractivity (Wildman–Crippen MR) is 145 cm³/mol. The quantitative estimate of drug-likeness (QED) is 0.338. The zero-order chi connectivity index (χ0) is 24.8. The molecule has 4 rings (SSSR count). The van der Waals surface area contributed by atoms with Crippen molar-refractivity contribution in [3.8, 4) is 11.4 Å². The van der Waals surface area contributed by atoms with E-state index >= 15 is 0 Å². The smallest absolute Gasteiger partial charge is 0.192 e. The second-order valence-corrected chi connectivity index (χ2v) is 7.18. The standard InChI is InChI=1S/C22H26N8.2C2H6/c1-16-14-18(8-9-19(16)27-23-2)20-26-22(30-12-10-24-11-13-30)21(29-28-20)25-15-17-6-4-3-5-7-17;2*1-2/h3-9,14,24,27H,2,10-13,15H2,1H3,(H,25,29);2*1-2H3. The fraction of sp³-hybridized carbons (Fsp3) is 0.385. The molecule has 34 heavy (non-hydrogen) atoms. The Bertz CT molecular complexity index is 1000. The van der Waals surface area contributed by atoms with Crippen LogP contribution in [0.1, 0.15) is 38.8 Å². The van der Waals surface area contributed by atoms with Gasteiger partial charge in [0, 0.05) is 45.0 Å². The minimum absolute atomic E-state index is 0.606. The summed E-state index contributed by atoms with van der Waals surface area (Å²) in [6.45, 7) is 17.8. The Morgan fingerprint density at radius 3 is 2.35 bits per heavy atom. The van der Waals surface area contributed by atoms with Gasteiger partial charge in [0.2, 0.25) is 0 Å². The SMILES string of the molecule is C=NNc1ccc(-c2nnc(NCc3ccccc3)c(N3CCNCC3)n2)cc1C.CC.CC. The Balaban J connectivity index is 0.000000970. The fourth-order valence-corrected chi connectivity index (χ4v) is 3.45. The van der Waals surface area contributed by atoms with E-state index in [1.165, 1.54) is 5.56 Å². The number of aryl methyl sites for hydroxylation is 1. The van der Waals surface area contributed by atoms with Gasteiger partial charge in [0.25, 0.3) is 0 Å². The average molecular weight is 463 g/mol. The van der Waals surface area contributed by atoms with Crippen molar-refractivity contribution < 1.29 is 0 Å². The molecule has 1 aromatic heterocycles. The number of hydrogen-bond donors (Lipinski definition) is 3. The van der Waals surface area contributed by atoms with Crippen LogP contribution in [0.15, 0.2) is 53.6 Å². The maximum atomic E-state index is 4.90. The molecule has 0 radical (unpaired) electrons. The summed E-state index contributed by atoms with van der Waals surface area (Å²) >= 11 is 0. The van der Waals surface area contributed by atoms with Crippen LogP contribution in [0.2, 0.25) is 0 Å². The molecule has 1 aliphatic rings. The van der Waals surface area contributed by atoms with Gasteiger partial charge in [-0.1, -0.05) is 58.0 Å². The molecule has 182 valence electrons. The van der Waals surface area contributed by atoms with Crippen molar-refractivity contribution in [2.75, 3.05) is 41.8 Å². The van der Waals surface area contributed by atoms with E-state index in [2.05, 4.69) is 55.1 Å². The molecule has 8 nitrogen and oxygen atoms in total. The Morgan fingerprint density at radius 1 is 1.00 bits per heavy atom. The van der Waals surface area contributed by atoms with Crippen molar-refractivity contribution >= 4 is 24.0 Å². The van der Waals surface area contributed by atoms with Crippen molar-refractivity contribution in [2.45, 2.75) is 41.2 Å². The number of aromatic nitrogens is 3. The van der Waals surface area contributed by atoms with Crippen LogP contribution in [-0.4, -0.2) is 48.1 Å². The summed E-state index contributed by atoms with van der Waals surface area (Å²) in [5.41, 5.74) is 6.94. The predicted octanol–water partition coefficient (Wildman–Crippen LogP) is 4.95. The molecule has 0 unspecified atom stereocenters. The number of nitrogens with one attached hydrogen (secondary N) is 3. The first-order chi connectivity index (χ1) is 16.7. The highest BCUT2D eigenvalue weighted by Crippen LogP contribution is 2.27. The monoisotopic (exact) mass is 462 g/mol. The van der Waals surface area contributed by atoms with Crippen LogP contribution in [-0.2, 0) is 6.54 Å². The molecule has 0 atom stereocenters. The lowest BCUT2D eigenvalue weighted by Crippen LogP contribution is -2.44. The highest BCUT2D eigenvalue weighted by Gasteiger charge is 2.19. The van der Waals surface area contributed by atoms with Gasteiger partial charge >= 0.3 is 0 Å². The molecule has 3 N–H and O–H groups in total. The van der Waals surface area contributed by atoms with Gasteiger partial charge in [0.05, 0.1) is 5.69 Å². The highest BCUT2D eigenvalue weighted by molar-refractivity contribution is 5.68. The largest absolute Gasteiger partial charge is 0.361 e. The van der Waals surface area contributed by atoms with Gasteiger partial charge in [-0.25, -0.2) is 4.98 Å². The van der Waals surface area contributed by atoms with E-state index in [0.29, 0.717) is 18.2 Å². The molecule has 0 bridgehead atoms. The molecule has 0 aliphatic carbocycles. The lowest BCUT2D eigenvalue weighted by atomic mass is 10.1. The number of hydrazone groups is 1. The molecule has 1 fully saturated rings. The first kappa shape index (κ1) is 26.7. The molecule has 0 amide bonds. The normalized spacial score (nSPS) is 12.4. The van der Waals surface area contributed by atoms with Gasteiger partial charge in [-0.3, -0.25) is 5.43 Å². The van der Waals surface area contributed by atoms with Crippen LogP contribution in [0.3, 0.4) is 0 Å². The summed E-state index contributed by atoms with van der Waals surface area (Å²) in [7, 11) is 0. The second-order valence-electron chi connectivity index (χ2n) is 7.18. The van der Waals surface area contributed by atoms with E-state index in [1.54, 1.807) is 0 Å². The number of nitrogens with zero attached hydrogens (tertiary/aromatic N) is 5. The molecule has 1 aliphatic heterocycles. The van der Waals surface area contributed by atoms with E-state index in [4.69, 9.17) is 4.98 Å². The lowest BCUT2D eigenvalue weighted by Gasteiger charge is -2.29. The van der Waals surface area contributed by atoms with Crippen LogP contribution in [0.4, 0.5) is 17.3 Å². The van der Waals surface area contributed by atoms with E-state index in [1.807, 2.05) is 71.0 Å². The van der Waals surface area contributed by atoms with Gasteiger partial charge in [0.1, 0.15) is 0 Å². The Labute approximate surface area is 203 Å². The fourth-order valence-electron chi connectivity index (χ4n) is 3.45. The first-order valence-corrected chi connectivity index (χ1v) is 12.1. The maximum Gasteiger partial charge on any atom is 0.192 e. The molecule has 0 saturated carbocycles. The van der Waals surface area contributed by atoms with Gasteiger partial charge in [-0.2, -0.15) is 5.10 Å². The van der Waals surface area contributed by atoms with Crippen LogP contribution in [0, 0.1) is 6.92 Å². The first-order valence-electron chi connectivity index (χ1n) is 12.1. The summed E-state index contributed by atoms with van der Waals surface area (Å²) < 4.78 is 0. The van der Waals surface area contributed by atoms with Crippen molar-refractivity contribution in [1.29, 1.82) is 0 Å². The summed E-state index contributed by atoms with van der Waals surface area (Å²) in [6, 6.07) is 16.2. The number of anilines is 3. The highest BCUT2D eigenvalue weighted by atomic mass is 15.3. The minimum Gasteiger partial charge on any atom is -0.361 e. The molecule has 3 aromatic rings. The number of piperazine rings is 1. The van der Waals surface area contributed by atoms with Crippen molar-refractivity contribution in [1.82, 2.24) is 20.5 Å². The Kier molecular flexibility index (Phi) is 11.5. The van der Waals surface area contributed by atoms with E-state index < -0.39 is 0 Å². The van der Waals surface area contributed by atoms with Gasteiger partial charge < -0.3 is 15.5 Å². The van der Waals surface area contributed by atoms with Gasteiger partial charge in [-0.15, -0.1) is 10.2 Å². The van der Waals surface area contributed by atoms with E-state index in [9.17, 15) is 0 Å². The summed E-state index contributed by atoms with van der Waals surface area (Å²) in [4.78, 5) is 7.16. The number of benzene rings is 2. The molecule has 2 heterocycles. The molecule has 2 aromatic carbocycles. The van der Waals surface area contributed by atoms with Crippen molar-refractivity contribution in [3.05, 3.63) is 59.7 Å². The zero-order valence-electron chi connectivity index (χ0n) is 21.1. The maximum absolute atomic E-state index is 4.90. The third kappa shape index (κ3) is 7.25. The van der Waals surface area contributed by atoms with Gasteiger partial charge in [-0.05, 0) is 36.2 Å². The van der Waals surface area contributed by atoms with Crippen LogP contribution < -0.4 is 21.0 Å². The molecule has 1 saturated heterocycles. The molecular weight excluding hydrogens is 424 g/mol. The van der Waals surface area contributed by atoms with E-state index in [-0.39, 0.29) is 0 Å². The Morgan fingerprint density at radius 2 is 1.71 bits per heavy atom. The van der Waals surface area contributed by atoms with Crippen LogP contribution >= 0.6 is 0 Å². The Hall–Kier alpha value is -3.52. The van der Waals surface area contributed by atoms with Gasteiger partial charge in [0.15, 0.2) is 17.5 Å². The third-order valence-corrected chi connectivity index (χ3v) is 5.07. The number of hydrogen-bond acceptors (Lipinski definition) is 8. The topological polar surface area (TPSA) is 90.4 Å². The third-order valence-electron chi connectivity index (χ3n) is 5.07.